The van der Waals surface area contributed by atoms with Gasteiger partial charge in [-0.05, 0) is 43.9 Å². The summed E-state index contributed by atoms with van der Waals surface area (Å²) in [5.41, 5.74) is 6.12. The summed E-state index contributed by atoms with van der Waals surface area (Å²) in [6.45, 7) is 0. The van der Waals surface area contributed by atoms with Crippen LogP contribution in [0.15, 0.2) is 29.1 Å². The minimum atomic E-state index is -0.815. The van der Waals surface area contributed by atoms with Gasteiger partial charge < -0.3 is 15.2 Å². The summed E-state index contributed by atoms with van der Waals surface area (Å²) in [6, 6.07) is 6.01. The highest BCUT2D eigenvalue weighted by Crippen LogP contribution is 2.35. The van der Waals surface area contributed by atoms with Crippen LogP contribution < -0.4 is 20.8 Å². The van der Waals surface area contributed by atoms with Crippen molar-refractivity contribution >= 4 is 6.03 Å². The van der Waals surface area contributed by atoms with Gasteiger partial charge in [-0.2, -0.15) is 4.68 Å². The number of carbonyl (C=O) groups excluding carboxylic acids is 1. The van der Waals surface area contributed by atoms with E-state index in [2.05, 4.69) is 0 Å². The van der Waals surface area contributed by atoms with Gasteiger partial charge in [-0.3, -0.25) is 9.48 Å². The molecule has 0 saturated heterocycles. The maximum absolute atomic E-state index is 11.9. The summed E-state index contributed by atoms with van der Waals surface area (Å²) in [5, 5.41) is 0. The van der Waals surface area contributed by atoms with Gasteiger partial charge in [0, 0.05) is 18.7 Å². The number of ether oxygens (including phenoxy) is 2. The Morgan fingerprint density at radius 1 is 1.21 bits per heavy atom. The second-order valence-corrected chi connectivity index (χ2v) is 5.93. The van der Waals surface area contributed by atoms with Crippen molar-refractivity contribution in [3.63, 3.8) is 0 Å². The molecule has 1 aliphatic rings. The van der Waals surface area contributed by atoms with Crippen molar-refractivity contribution in [1.82, 2.24) is 9.36 Å². The van der Waals surface area contributed by atoms with Gasteiger partial charge in [0.1, 0.15) is 0 Å². The van der Waals surface area contributed by atoms with E-state index < -0.39 is 11.6 Å². The lowest BCUT2D eigenvalue weighted by atomic mass is 10.1. The van der Waals surface area contributed by atoms with Crippen LogP contribution >= 0.6 is 0 Å². The predicted molar refractivity (Wildman–Crippen MR) is 89.5 cm³/mol. The fraction of sp³-hybridized carbons (Fsp3) is 0.412. The van der Waals surface area contributed by atoms with Crippen molar-refractivity contribution in [2.45, 2.75) is 31.8 Å². The smallest absolute Gasteiger partial charge is 0.341 e. The van der Waals surface area contributed by atoms with E-state index in [0.717, 1.165) is 23.1 Å². The molecule has 1 saturated carbocycles. The number of amides is 1. The van der Waals surface area contributed by atoms with Crippen LogP contribution in [0.25, 0.3) is 11.3 Å². The summed E-state index contributed by atoms with van der Waals surface area (Å²) in [4.78, 5) is 23.4. The molecule has 0 bridgehead atoms. The Bertz CT molecular complexity index is 816. The molecule has 24 heavy (non-hydrogen) atoms. The molecule has 1 fully saturated rings. The monoisotopic (exact) mass is 331 g/mol. The topological polar surface area (TPSA) is 88.5 Å². The van der Waals surface area contributed by atoms with Crippen LogP contribution in [0.2, 0.25) is 0 Å². The number of primary amides is 1. The Hall–Kier alpha value is -2.70. The second-order valence-electron chi connectivity index (χ2n) is 5.93. The molecule has 0 radical (unpaired) electrons. The van der Waals surface area contributed by atoms with Gasteiger partial charge in [0.25, 0.3) is 5.56 Å². The number of benzene rings is 1. The number of methoxy groups -OCH3 is 1. The van der Waals surface area contributed by atoms with Crippen LogP contribution in [0.1, 0.15) is 25.7 Å². The molecule has 0 spiro atoms. The van der Waals surface area contributed by atoms with Gasteiger partial charge in [-0.15, -0.1) is 0 Å². The summed E-state index contributed by atoms with van der Waals surface area (Å²) in [7, 11) is 3.21. The summed E-state index contributed by atoms with van der Waals surface area (Å²) in [5.74, 6) is 1.28. The first-order chi connectivity index (χ1) is 11.5. The average Bonchev–Trinajstić information content (AvgIpc) is 3.15. The molecule has 128 valence electrons. The summed E-state index contributed by atoms with van der Waals surface area (Å²) < 4.78 is 13.8. The van der Waals surface area contributed by atoms with Gasteiger partial charge in [0.2, 0.25) is 0 Å². The molecule has 0 unspecified atom stereocenters. The minimum absolute atomic E-state index is 0.188. The molecule has 1 aromatic heterocycles. The molecule has 0 aliphatic heterocycles. The van der Waals surface area contributed by atoms with E-state index in [-0.39, 0.29) is 6.10 Å². The lowest BCUT2D eigenvalue weighted by Crippen LogP contribution is -2.33. The highest BCUT2D eigenvalue weighted by atomic mass is 16.5. The second kappa shape index (κ2) is 6.43. The fourth-order valence-corrected chi connectivity index (χ4v) is 3.17. The molecule has 1 aromatic carbocycles. The third kappa shape index (κ3) is 2.89. The van der Waals surface area contributed by atoms with Gasteiger partial charge in [-0.25, -0.2) is 4.79 Å². The predicted octanol–water partition coefficient (Wildman–Crippen LogP) is 2.11. The lowest BCUT2D eigenvalue weighted by molar-refractivity contribution is 0.201. The third-order valence-corrected chi connectivity index (χ3v) is 4.38. The van der Waals surface area contributed by atoms with E-state index in [1.165, 1.54) is 23.6 Å². The molecule has 1 heterocycles. The van der Waals surface area contributed by atoms with Crippen molar-refractivity contribution in [3.05, 3.63) is 34.6 Å². The molecule has 2 N–H and O–H groups in total. The van der Waals surface area contributed by atoms with Gasteiger partial charge in [0.15, 0.2) is 11.5 Å². The zero-order chi connectivity index (χ0) is 17.3. The maximum atomic E-state index is 11.9. The van der Waals surface area contributed by atoms with E-state index in [0.29, 0.717) is 17.2 Å². The summed E-state index contributed by atoms with van der Waals surface area (Å²) in [6.07, 6.45) is 4.59. The normalized spacial score (nSPS) is 14.8. The number of nitrogens with zero attached hydrogens (tertiary/aromatic N) is 2. The van der Waals surface area contributed by atoms with Crippen molar-refractivity contribution in [3.8, 4) is 22.8 Å². The molecule has 1 amide bonds. The number of nitrogens with two attached hydrogens (primary N) is 1. The molecule has 7 heteroatoms. The Morgan fingerprint density at radius 2 is 1.92 bits per heavy atom. The third-order valence-electron chi connectivity index (χ3n) is 4.38. The van der Waals surface area contributed by atoms with Crippen LogP contribution in [0.5, 0.6) is 11.5 Å². The molecular weight excluding hydrogens is 310 g/mol. The molecule has 0 atom stereocenters. The number of rotatable bonds is 4. The van der Waals surface area contributed by atoms with Crippen molar-refractivity contribution in [2.75, 3.05) is 7.11 Å². The van der Waals surface area contributed by atoms with Crippen LogP contribution in [-0.4, -0.2) is 28.6 Å². The maximum Gasteiger partial charge on any atom is 0.341 e. The van der Waals surface area contributed by atoms with Crippen LogP contribution in [0, 0.1) is 0 Å². The Labute approximate surface area is 139 Å². The van der Waals surface area contributed by atoms with E-state index in [4.69, 9.17) is 15.2 Å². The average molecular weight is 331 g/mol. The van der Waals surface area contributed by atoms with Crippen LogP contribution in [0.3, 0.4) is 0 Å². The minimum Gasteiger partial charge on any atom is -0.493 e. The zero-order valence-corrected chi connectivity index (χ0v) is 13.8. The van der Waals surface area contributed by atoms with E-state index in [9.17, 15) is 9.59 Å². The van der Waals surface area contributed by atoms with Crippen molar-refractivity contribution < 1.29 is 14.3 Å². The number of aromatic nitrogens is 2. The van der Waals surface area contributed by atoms with Crippen molar-refractivity contribution in [2.24, 2.45) is 12.8 Å². The molecule has 3 rings (SSSR count). The highest BCUT2D eigenvalue weighted by molar-refractivity contribution is 5.75. The van der Waals surface area contributed by atoms with Crippen LogP contribution in [-0.2, 0) is 7.05 Å². The first kappa shape index (κ1) is 16.2. The Morgan fingerprint density at radius 3 is 2.50 bits per heavy atom. The van der Waals surface area contributed by atoms with E-state index >= 15 is 0 Å². The quantitative estimate of drug-likeness (QED) is 0.929. The van der Waals surface area contributed by atoms with Gasteiger partial charge in [-0.1, -0.05) is 0 Å². The molecule has 2 aromatic rings. The number of carbonyl (C=O) groups is 1. The molecule has 7 nitrogen and oxygen atoms in total. The zero-order valence-electron chi connectivity index (χ0n) is 13.8. The molecule has 1 aliphatic carbocycles. The van der Waals surface area contributed by atoms with E-state index in [1.54, 1.807) is 20.2 Å². The van der Waals surface area contributed by atoms with Crippen molar-refractivity contribution in [1.29, 1.82) is 0 Å². The SMILES string of the molecule is COc1ccc(-c2cc(=O)n(C(N)=O)n2C)cc1OC1CCCC1. The Balaban J connectivity index is 2.01. The number of hydrogen-bond acceptors (Lipinski definition) is 4. The first-order valence-corrected chi connectivity index (χ1v) is 7.95. The van der Waals surface area contributed by atoms with Gasteiger partial charge in [0.05, 0.1) is 18.9 Å². The first-order valence-electron chi connectivity index (χ1n) is 7.95. The van der Waals surface area contributed by atoms with Gasteiger partial charge >= 0.3 is 6.03 Å². The number of hydrogen-bond donors (Lipinski definition) is 1. The standard InChI is InChI=1S/C17H21N3O4/c1-19-13(10-16(21)20(19)17(18)22)11-7-8-14(23-2)15(9-11)24-12-5-3-4-6-12/h7-10,12H,3-6H2,1-2H3,(H2,18,22). The Kier molecular flexibility index (Phi) is 4.33. The van der Waals surface area contributed by atoms with E-state index in [1.807, 2.05) is 12.1 Å². The van der Waals surface area contributed by atoms with Crippen LogP contribution in [0.4, 0.5) is 4.79 Å². The fourth-order valence-electron chi connectivity index (χ4n) is 3.17. The molecular formula is C17H21N3O4. The lowest BCUT2D eigenvalue weighted by Gasteiger charge is -2.17. The highest BCUT2D eigenvalue weighted by Gasteiger charge is 2.20. The summed E-state index contributed by atoms with van der Waals surface area (Å²) >= 11 is 0. The largest absolute Gasteiger partial charge is 0.493 e.